The topological polar surface area (TPSA) is 50.2 Å². The molecule has 20 heavy (non-hydrogen) atoms. The molecule has 1 N–H and O–H groups in total. The van der Waals surface area contributed by atoms with Crippen molar-refractivity contribution in [1.82, 2.24) is 14.7 Å². The predicted molar refractivity (Wildman–Crippen MR) is 79.0 cm³/mol. The summed E-state index contributed by atoms with van der Waals surface area (Å²) in [5, 5.41) is 7.89. The van der Waals surface area contributed by atoms with Gasteiger partial charge in [0.05, 0.1) is 12.2 Å². The van der Waals surface area contributed by atoms with Gasteiger partial charge in [-0.05, 0) is 25.2 Å². The summed E-state index contributed by atoms with van der Waals surface area (Å²) in [6, 6.07) is 0.468. The van der Waals surface area contributed by atoms with Crippen molar-refractivity contribution >= 4 is 11.7 Å². The number of aromatic nitrogens is 2. The average molecular weight is 276 g/mol. The lowest BCUT2D eigenvalue weighted by atomic mass is 9.82. The van der Waals surface area contributed by atoms with Gasteiger partial charge in [-0.15, -0.1) is 0 Å². The second-order valence-electron chi connectivity index (χ2n) is 6.23. The summed E-state index contributed by atoms with van der Waals surface area (Å²) in [5.41, 5.74) is 0.704. The van der Waals surface area contributed by atoms with Crippen LogP contribution in [0.3, 0.4) is 0 Å². The Balaban J connectivity index is 1.88. The zero-order valence-electron chi connectivity index (χ0n) is 12.4. The predicted octanol–water partition coefficient (Wildman–Crippen LogP) is 2.52. The van der Waals surface area contributed by atoms with Crippen LogP contribution in [0.5, 0.6) is 0 Å². The molecule has 0 spiro atoms. The second kappa shape index (κ2) is 5.46. The molecule has 1 unspecified atom stereocenters. The Hall–Kier alpha value is -1.52. The molecule has 1 aromatic heterocycles. The molecule has 3 rings (SSSR count). The molecule has 110 valence electrons. The van der Waals surface area contributed by atoms with E-state index >= 15 is 0 Å². The van der Waals surface area contributed by atoms with E-state index in [4.69, 9.17) is 0 Å². The van der Waals surface area contributed by atoms with Crippen LogP contribution in [0.4, 0.5) is 5.82 Å². The van der Waals surface area contributed by atoms with E-state index in [2.05, 4.69) is 15.1 Å². The lowest BCUT2D eigenvalue weighted by Crippen LogP contribution is -2.31. The molecular weight excluding hydrogens is 252 g/mol. The monoisotopic (exact) mass is 276 g/mol. The molecule has 1 amide bonds. The van der Waals surface area contributed by atoms with Gasteiger partial charge in [-0.2, -0.15) is 5.10 Å². The van der Waals surface area contributed by atoms with Crippen LogP contribution in [-0.2, 0) is 0 Å². The molecule has 0 bridgehead atoms. The first-order chi connectivity index (χ1) is 9.68. The van der Waals surface area contributed by atoms with Crippen LogP contribution in [0.2, 0.25) is 0 Å². The van der Waals surface area contributed by atoms with Gasteiger partial charge in [-0.3, -0.25) is 4.79 Å². The van der Waals surface area contributed by atoms with E-state index in [1.807, 2.05) is 0 Å². The van der Waals surface area contributed by atoms with Gasteiger partial charge in [-0.25, -0.2) is 4.68 Å². The lowest BCUT2D eigenvalue weighted by molar-refractivity contribution is 0.0828. The molecule has 1 saturated carbocycles. The van der Waals surface area contributed by atoms with Crippen LogP contribution in [-0.4, -0.2) is 41.2 Å². The number of anilines is 1. The van der Waals surface area contributed by atoms with Gasteiger partial charge >= 0.3 is 0 Å². The molecule has 0 saturated heterocycles. The normalized spacial score (nSPS) is 23.0. The minimum Gasteiger partial charge on any atom is -0.370 e. The highest BCUT2D eigenvalue weighted by atomic mass is 16.2. The van der Waals surface area contributed by atoms with Crippen molar-refractivity contribution in [3.05, 3.63) is 11.8 Å². The van der Waals surface area contributed by atoms with Gasteiger partial charge < -0.3 is 10.2 Å². The molecule has 1 atom stereocenters. The summed E-state index contributed by atoms with van der Waals surface area (Å²) in [4.78, 5) is 13.8. The van der Waals surface area contributed by atoms with Crippen molar-refractivity contribution in [1.29, 1.82) is 0 Å². The molecule has 0 aromatic carbocycles. The number of carbonyl (C=O) groups is 1. The Morgan fingerprint density at radius 1 is 1.30 bits per heavy atom. The van der Waals surface area contributed by atoms with Gasteiger partial charge in [0.25, 0.3) is 5.91 Å². The molecule has 2 aliphatic rings. The number of amides is 1. The average Bonchev–Trinajstić information content (AvgIpc) is 2.91. The maximum absolute atomic E-state index is 12.2. The van der Waals surface area contributed by atoms with Crippen LogP contribution in [0.25, 0.3) is 0 Å². The number of rotatable bonds is 2. The largest absolute Gasteiger partial charge is 0.370 e. The maximum Gasteiger partial charge on any atom is 0.258 e. The van der Waals surface area contributed by atoms with Crippen LogP contribution >= 0.6 is 0 Å². The van der Waals surface area contributed by atoms with Crippen molar-refractivity contribution in [2.75, 3.05) is 26.0 Å². The quantitative estimate of drug-likeness (QED) is 0.903. The van der Waals surface area contributed by atoms with Crippen LogP contribution in [0, 0.1) is 5.92 Å². The summed E-state index contributed by atoms with van der Waals surface area (Å²) in [6.45, 7) is 0.945. The highest BCUT2D eigenvalue weighted by molar-refractivity contribution is 5.98. The molecule has 1 fully saturated rings. The Morgan fingerprint density at radius 3 is 2.75 bits per heavy atom. The highest BCUT2D eigenvalue weighted by Crippen LogP contribution is 2.38. The van der Waals surface area contributed by atoms with Gasteiger partial charge in [0.1, 0.15) is 11.4 Å². The van der Waals surface area contributed by atoms with E-state index in [0.717, 1.165) is 24.7 Å². The number of carbonyl (C=O) groups excluding carboxylic acids is 1. The Bertz CT molecular complexity index is 488. The molecule has 5 heteroatoms. The summed E-state index contributed by atoms with van der Waals surface area (Å²) < 4.78 is 2.08. The van der Waals surface area contributed by atoms with Crippen LogP contribution in [0.15, 0.2) is 6.20 Å². The van der Waals surface area contributed by atoms with E-state index in [-0.39, 0.29) is 5.91 Å². The maximum atomic E-state index is 12.2. The van der Waals surface area contributed by atoms with Crippen molar-refractivity contribution in [2.45, 2.75) is 44.6 Å². The molecule has 2 heterocycles. The number of hydrogen-bond acceptors (Lipinski definition) is 3. The SMILES string of the molecule is CN(C)C(=O)c1cnn2c1NCCC2C1CCCCC1. The Kier molecular flexibility index (Phi) is 3.68. The third-order valence-corrected chi connectivity index (χ3v) is 4.67. The first-order valence-corrected chi connectivity index (χ1v) is 7.71. The zero-order valence-corrected chi connectivity index (χ0v) is 12.4. The minimum atomic E-state index is 0.0306. The fourth-order valence-corrected chi connectivity index (χ4v) is 3.60. The van der Waals surface area contributed by atoms with Crippen LogP contribution < -0.4 is 5.32 Å². The van der Waals surface area contributed by atoms with Crippen molar-refractivity contribution < 1.29 is 4.79 Å². The highest BCUT2D eigenvalue weighted by Gasteiger charge is 2.32. The first-order valence-electron chi connectivity index (χ1n) is 7.71. The third kappa shape index (κ3) is 2.30. The van der Waals surface area contributed by atoms with Gasteiger partial charge in [-0.1, -0.05) is 19.3 Å². The molecule has 1 aliphatic carbocycles. The van der Waals surface area contributed by atoms with E-state index < -0.39 is 0 Å². The van der Waals surface area contributed by atoms with E-state index in [1.54, 1.807) is 25.2 Å². The van der Waals surface area contributed by atoms with Gasteiger partial charge in [0.15, 0.2) is 0 Å². The zero-order chi connectivity index (χ0) is 14.1. The van der Waals surface area contributed by atoms with Crippen LogP contribution in [0.1, 0.15) is 54.9 Å². The molecule has 1 aliphatic heterocycles. The smallest absolute Gasteiger partial charge is 0.258 e. The van der Waals surface area contributed by atoms with Gasteiger partial charge in [0, 0.05) is 20.6 Å². The molecule has 1 aromatic rings. The number of nitrogens with one attached hydrogen (secondary N) is 1. The van der Waals surface area contributed by atoms with E-state index in [1.165, 1.54) is 32.1 Å². The first kappa shape index (κ1) is 13.5. The fourth-order valence-electron chi connectivity index (χ4n) is 3.60. The van der Waals surface area contributed by atoms with E-state index in [0.29, 0.717) is 11.6 Å². The standard InChI is InChI=1S/C15H24N4O/c1-18(2)15(20)12-10-17-19-13(8-9-16-14(12)19)11-6-4-3-5-7-11/h10-11,13,16H,3-9H2,1-2H3. The number of fused-ring (bicyclic) bond motifs is 1. The number of hydrogen-bond donors (Lipinski definition) is 1. The number of nitrogens with zero attached hydrogens (tertiary/aromatic N) is 3. The van der Waals surface area contributed by atoms with Crippen molar-refractivity contribution in [3.8, 4) is 0 Å². The lowest BCUT2D eigenvalue weighted by Gasteiger charge is -2.34. The molecular formula is C15H24N4O. The third-order valence-electron chi connectivity index (χ3n) is 4.67. The molecule has 0 radical (unpaired) electrons. The second-order valence-corrected chi connectivity index (χ2v) is 6.23. The fraction of sp³-hybridized carbons (Fsp3) is 0.733. The summed E-state index contributed by atoms with van der Waals surface area (Å²) in [5.74, 6) is 1.68. The summed E-state index contributed by atoms with van der Waals surface area (Å²) in [6.07, 6.45) is 9.52. The van der Waals surface area contributed by atoms with E-state index in [9.17, 15) is 4.79 Å². The summed E-state index contributed by atoms with van der Waals surface area (Å²) >= 11 is 0. The minimum absolute atomic E-state index is 0.0306. The van der Waals surface area contributed by atoms with Crippen molar-refractivity contribution in [2.24, 2.45) is 5.92 Å². The Labute approximate surface area is 120 Å². The van der Waals surface area contributed by atoms with Gasteiger partial charge in [0.2, 0.25) is 0 Å². The van der Waals surface area contributed by atoms with Crippen molar-refractivity contribution in [3.63, 3.8) is 0 Å². The molecule has 5 nitrogen and oxygen atoms in total. The Morgan fingerprint density at radius 2 is 2.05 bits per heavy atom. The summed E-state index contributed by atoms with van der Waals surface area (Å²) in [7, 11) is 3.57.